The maximum atomic E-state index is 12.5. The van der Waals surface area contributed by atoms with Crippen LogP contribution in [-0.2, 0) is 9.53 Å². The molecular weight excluding hydrogens is 472 g/mol. The second kappa shape index (κ2) is 9.63. The lowest BCUT2D eigenvalue weighted by molar-refractivity contribution is -0.143. The Bertz CT molecular complexity index is 1110. The number of methoxy groups -OCH3 is 3. The largest absolute Gasteiger partial charge is 0.497 e. The summed E-state index contributed by atoms with van der Waals surface area (Å²) < 4.78 is 17.1. The molecule has 0 aromatic heterocycles. The van der Waals surface area contributed by atoms with E-state index in [4.69, 9.17) is 14.2 Å². The lowest BCUT2D eigenvalue weighted by Crippen LogP contribution is -2.44. The predicted molar refractivity (Wildman–Crippen MR) is 127 cm³/mol. The number of halogens is 1. The van der Waals surface area contributed by atoms with Gasteiger partial charge < -0.3 is 19.5 Å². The lowest BCUT2D eigenvalue weighted by Gasteiger charge is -2.44. The van der Waals surface area contributed by atoms with Crippen LogP contribution in [0.2, 0.25) is 0 Å². The van der Waals surface area contributed by atoms with Crippen molar-refractivity contribution < 1.29 is 19.0 Å². The summed E-state index contributed by atoms with van der Waals surface area (Å²) >= 11 is 3.60. The van der Waals surface area contributed by atoms with Crippen LogP contribution in [0, 0.1) is 0 Å². The summed E-state index contributed by atoms with van der Waals surface area (Å²) in [6.45, 7) is 0.0921. The fourth-order valence-electron chi connectivity index (χ4n) is 4.15. The van der Waals surface area contributed by atoms with E-state index >= 15 is 0 Å². The van der Waals surface area contributed by atoms with Crippen molar-refractivity contribution in [1.29, 1.82) is 0 Å². The molecule has 3 aromatic carbocycles. The van der Waals surface area contributed by atoms with Gasteiger partial charge in [0.05, 0.1) is 33.9 Å². The van der Waals surface area contributed by atoms with Gasteiger partial charge in [-0.25, -0.2) is 0 Å². The molecule has 1 aliphatic rings. The fourth-order valence-corrected chi connectivity index (χ4v) is 4.53. The number of rotatable bonds is 6. The molecule has 6 nitrogen and oxygen atoms in total. The second-order valence-corrected chi connectivity index (χ2v) is 8.36. The van der Waals surface area contributed by atoms with E-state index in [-0.39, 0.29) is 24.7 Å². The van der Waals surface area contributed by atoms with Crippen LogP contribution in [0.4, 0.5) is 5.69 Å². The summed E-state index contributed by atoms with van der Waals surface area (Å²) in [4.78, 5) is 14.6. The van der Waals surface area contributed by atoms with Crippen LogP contribution >= 0.6 is 15.9 Å². The lowest BCUT2D eigenvalue weighted by atomic mass is 9.91. The van der Waals surface area contributed by atoms with Gasteiger partial charge >= 0.3 is 5.97 Å². The molecule has 166 valence electrons. The van der Waals surface area contributed by atoms with Gasteiger partial charge in [0.2, 0.25) is 0 Å². The first kappa shape index (κ1) is 22.2. The van der Waals surface area contributed by atoms with Crippen molar-refractivity contribution in [3.05, 3.63) is 87.9 Å². The quantitative estimate of drug-likeness (QED) is 0.476. The van der Waals surface area contributed by atoms with E-state index in [2.05, 4.69) is 44.3 Å². The van der Waals surface area contributed by atoms with Gasteiger partial charge in [0.15, 0.2) is 0 Å². The Labute approximate surface area is 196 Å². The molecular formula is C25H25BrN2O4. The van der Waals surface area contributed by atoms with Crippen molar-refractivity contribution in [3.63, 3.8) is 0 Å². The zero-order chi connectivity index (χ0) is 22.7. The van der Waals surface area contributed by atoms with Crippen molar-refractivity contribution in [3.8, 4) is 11.5 Å². The van der Waals surface area contributed by atoms with Crippen molar-refractivity contribution >= 4 is 27.6 Å². The monoisotopic (exact) mass is 496 g/mol. The van der Waals surface area contributed by atoms with Crippen molar-refractivity contribution in [1.82, 2.24) is 4.90 Å². The highest BCUT2D eigenvalue weighted by molar-refractivity contribution is 9.10. The maximum Gasteiger partial charge on any atom is 0.319 e. The van der Waals surface area contributed by atoms with E-state index in [0.29, 0.717) is 11.5 Å². The molecule has 7 heteroatoms. The average molecular weight is 497 g/mol. The van der Waals surface area contributed by atoms with Crippen LogP contribution in [0.3, 0.4) is 0 Å². The van der Waals surface area contributed by atoms with E-state index in [1.54, 1.807) is 14.2 Å². The van der Waals surface area contributed by atoms with E-state index in [9.17, 15) is 4.79 Å². The third-order valence-electron chi connectivity index (χ3n) is 5.65. The third kappa shape index (κ3) is 4.31. The molecule has 0 fully saturated rings. The van der Waals surface area contributed by atoms with Gasteiger partial charge in [-0.2, -0.15) is 0 Å². The predicted octanol–water partition coefficient (Wildman–Crippen LogP) is 5.16. The van der Waals surface area contributed by atoms with Crippen LogP contribution in [0.5, 0.6) is 11.5 Å². The van der Waals surface area contributed by atoms with Gasteiger partial charge in [-0.05, 0) is 41.5 Å². The summed E-state index contributed by atoms with van der Waals surface area (Å²) in [5.74, 6) is 1.05. The van der Waals surface area contributed by atoms with Crippen LogP contribution in [0.1, 0.15) is 28.9 Å². The number of hydrogen-bond acceptors (Lipinski definition) is 6. The minimum Gasteiger partial charge on any atom is -0.497 e. The molecule has 0 saturated carbocycles. The molecule has 1 N–H and O–H groups in total. The number of anilines is 1. The number of benzene rings is 3. The molecule has 1 heterocycles. The Morgan fingerprint density at radius 2 is 1.75 bits per heavy atom. The minimum absolute atomic E-state index is 0.0921. The fraction of sp³-hybridized carbons (Fsp3) is 0.240. The second-order valence-electron chi connectivity index (χ2n) is 7.45. The van der Waals surface area contributed by atoms with Gasteiger partial charge in [0, 0.05) is 21.8 Å². The van der Waals surface area contributed by atoms with E-state index < -0.39 is 0 Å². The van der Waals surface area contributed by atoms with Gasteiger partial charge in [-0.3, -0.25) is 9.69 Å². The Balaban J connectivity index is 1.91. The van der Waals surface area contributed by atoms with Crippen molar-refractivity contribution in [2.24, 2.45) is 0 Å². The third-order valence-corrected chi connectivity index (χ3v) is 6.15. The number of carbonyl (C=O) groups is 1. The van der Waals surface area contributed by atoms with E-state index in [1.165, 1.54) is 7.11 Å². The molecule has 3 aromatic rings. The molecule has 0 radical (unpaired) electrons. The zero-order valence-electron chi connectivity index (χ0n) is 18.2. The van der Waals surface area contributed by atoms with Crippen LogP contribution in [-0.4, -0.2) is 38.7 Å². The average Bonchev–Trinajstić information content (AvgIpc) is 2.83. The number of nitrogens with one attached hydrogen (secondary N) is 1. The Hall–Kier alpha value is -3.03. The summed E-state index contributed by atoms with van der Waals surface area (Å²) in [6, 6.07) is 21.8. The highest BCUT2D eigenvalue weighted by Crippen LogP contribution is 2.46. The first-order valence-electron chi connectivity index (χ1n) is 10.2. The van der Waals surface area contributed by atoms with E-state index in [0.717, 1.165) is 26.9 Å². The molecule has 4 rings (SSSR count). The first-order valence-corrected chi connectivity index (χ1v) is 11.0. The number of fused-ring (bicyclic) bond motifs is 1. The SMILES string of the molecule is COC(=O)CN1[C@@H](c2ccccc2)c2cc(Br)ccc2N[C@H]1c1ccc(OC)cc1OC. The zero-order valence-corrected chi connectivity index (χ0v) is 19.8. The Morgan fingerprint density at radius 3 is 2.44 bits per heavy atom. The molecule has 0 amide bonds. The summed E-state index contributed by atoms with van der Waals surface area (Å²) in [7, 11) is 4.66. The van der Waals surface area contributed by atoms with Gasteiger partial charge in [0.25, 0.3) is 0 Å². The summed E-state index contributed by atoms with van der Waals surface area (Å²) in [5.41, 5.74) is 4.03. The maximum absolute atomic E-state index is 12.5. The molecule has 0 spiro atoms. The molecule has 0 bridgehead atoms. The molecule has 2 atom stereocenters. The number of ether oxygens (including phenoxy) is 3. The highest BCUT2D eigenvalue weighted by Gasteiger charge is 2.38. The molecule has 0 aliphatic carbocycles. The van der Waals surface area contributed by atoms with Crippen LogP contribution in [0.15, 0.2) is 71.2 Å². The summed E-state index contributed by atoms with van der Waals surface area (Å²) in [5, 5.41) is 3.61. The first-order chi connectivity index (χ1) is 15.5. The molecule has 32 heavy (non-hydrogen) atoms. The smallest absolute Gasteiger partial charge is 0.319 e. The summed E-state index contributed by atoms with van der Waals surface area (Å²) in [6.07, 6.45) is -0.339. The van der Waals surface area contributed by atoms with Gasteiger partial charge in [0.1, 0.15) is 17.7 Å². The molecule has 0 saturated heterocycles. The molecule has 0 unspecified atom stereocenters. The molecule has 1 aliphatic heterocycles. The van der Waals surface area contributed by atoms with Gasteiger partial charge in [-0.15, -0.1) is 0 Å². The standard InChI is InChI=1S/C25H25BrN2O4/c1-30-18-10-11-19(22(14-18)31-2)25-27-21-12-9-17(26)13-20(21)24(16-7-5-4-6-8-16)28(25)15-23(29)32-3/h4-14,24-25,27H,15H2,1-3H3/t24-,25+/m0/s1. The Kier molecular flexibility index (Phi) is 6.67. The van der Waals surface area contributed by atoms with Crippen LogP contribution < -0.4 is 14.8 Å². The van der Waals surface area contributed by atoms with Crippen molar-refractivity contribution in [2.45, 2.75) is 12.2 Å². The minimum atomic E-state index is -0.339. The number of hydrogen-bond donors (Lipinski definition) is 1. The number of esters is 1. The van der Waals surface area contributed by atoms with E-state index in [1.807, 2.05) is 48.5 Å². The van der Waals surface area contributed by atoms with Gasteiger partial charge in [-0.1, -0.05) is 46.3 Å². The number of nitrogens with zero attached hydrogens (tertiary/aromatic N) is 1. The van der Waals surface area contributed by atoms with Crippen molar-refractivity contribution in [2.75, 3.05) is 33.2 Å². The Morgan fingerprint density at radius 1 is 0.969 bits per heavy atom. The topological polar surface area (TPSA) is 60.0 Å². The highest BCUT2D eigenvalue weighted by atomic mass is 79.9. The normalized spacial score (nSPS) is 17.8. The van der Waals surface area contributed by atoms with Crippen LogP contribution in [0.25, 0.3) is 0 Å². The number of carbonyl (C=O) groups excluding carboxylic acids is 1.